The topological polar surface area (TPSA) is 84.7 Å². The minimum Gasteiger partial charge on any atom is -0.484 e. The summed E-state index contributed by atoms with van der Waals surface area (Å²) in [6.07, 6.45) is 5.00. The van der Waals surface area contributed by atoms with Gasteiger partial charge in [0.1, 0.15) is 12.0 Å². The molecule has 0 bridgehead atoms. The number of amides is 2. The maximum absolute atomic E-state index is 12.7. The van der Waals surface area contributed by atoms with Crippen LogP contribution in [0.5, 0.6) is 5.75 Å². The smallest absolute Gasteiger partial charge is 0.273 e. The fourth-order valence-electron chi connectivity index (χ4n) is 4.43. The highest BCUT2D eigenvalue weighted by atomic mass is 16.5. The molecule has 1 aliphatic carbocycles. The summed E-state index contributed by atoms with van der Waals surface area (Å²) in [6, 6.07) is 16.0. The molecule has 2 aliphatic rings. The van der Waals surface area contributed by atoms with E-state index in [1.165, 1.54) is 24.7 Å². The van der Waals surface area contributed by atoms with Crippen molar-refractivity contribution in [1.82, 2.24) is 15.2 Å². The van der Waals surface area contributed by atoms with Gasteiger partial charge in [-0.3, -0.25) is 9.59 Å². The van der Waals surface area contributed by atoms with Gasteiger partial charge in [-0.15, -0.1) is 0 Å². The van der Waals surface area contributed by atoms with Gasteiger partial charge in [0.05, 0.1) is 6.04 Å². The summed E-state index contributed by atoms with van der Waals surface area (Å²) < 4.78 is 11.4. The van der Waals surface area contributed by atoms with Crippen LogP contribution in [0.4, 0.5) is 0 Å². The highest BCUT2D eigenvalue weighted by Gasteiger charge is 2.31. The summed E-state index contributed by atoms with van der Waals surface area (Å²) in [6.45, 7) is 3.40. The Hall–Kier alpha value is -3.61. The number of rotatable bonds is 8. The van der Waals surface area contributed by atoms with Crippen LogP contribution in [0.25, 0.3) is 0 Å². The molecule has 1 saturated carbocycles. The summed E-state index contributed by atoms with van der Waals surface area (Å²) in [5.74, 6) is 1.53. The molecule has 176 valence electrons. The van der Waals surface area contributed by atoms with E-state index in [0.29, 0.717) is 37.1 Å². The molecule has 34 heavy (non-hydrogen) atoms. The number of nitrogens with one attached hydrogen (secondary N) is 1. The molecule has 2 heterocycles. The molecule has 1 fully saturated rings. The second kappa shape index (κ2) is 9.71. The van der Waals surface area contributed by atoms with Crippen molar-refractivity contribution in [3.8, 4) is 5.75 Å². The summed E-state index contributed by atoms with van der Waals surface area (Å²) in [5.41, 5.74) is 3.64. The molecule has 1 unspecified atom stereocenters. The highest BCUT2D eigenvalue weighted by molar-refractivity contribution is 5.91. The van der Waals surface area contributed by atoms with Crippen LogP contribution in [0.1, 0.15) is 65.3 Å². The van der Waals surface area contributed by atoms with Gasteiger partial charge in [-0.05, 0) is 54.0 Å². The lowest BCUT2D eigenvalue weighted by Gasteiger charge is -2.38. The summed E-state index contributed by atoms with van der Waals surface area (Å²) in [4.78, 5) is 31.2. The molecular formula is C27H29N3O4. The third-order valence-electron chi connectivity index (χ3n) is 6.48. The predicted octanol–water partition coefficient (Wildman–Crippen LogP) is 4.28. The van der Waals surface area contributed by atoms with Crippen molar-refractivity contribution >= 4 is 11.8 Å². The largest absolute Gasteiger partial charge is 0.484 e. The molecule has 1 aromatic heterocycles. The molecule has 3 aromatic rings. The Morgan fingerprint density at radius 3 is 2.76 bits per heavy atom. The van der Waals surface area contributed by atoms with Crippen LogP contribution in [0, 0.1) is 5.92 Å². The van der Waals surface area contributed by atoms with Gasteiger partial charge in [-0.1, -0.05) is 43.3 Å². The number of hydrogen-bond donors (Lipinski definition) is 1. The Morgan fingerprint density at radius 2 is 2.00 bits per heavy atom. The molecule has 7 nitrogen and oxygen atoms in total. The molecule has 1 N–H and O–H groups in total. The van der Waals surface area contributed by atoms with Crippen LogP contribution in [0.15, 0.2) is 59.2 Å². The van der Waals surface area contributed by atoms with Crippen LogP contribution in [0.2, 0.25) is 0 Å². The van der Waals surface area contributed by atoms with Crippen molar-refractivity contribution in [2.24, 2.45) is 5.92 Å². The van der Waals surface area contributed by atoms with E-state index in [4.69, 9.17) is 9.15 Å². The summed E-state index contributed by atoms with van der Waals surface area (Å²) in [7, 11) is 0. The van der Waals surface area contributed by atoms with Gasteiger partial charge < -0.3 is 19.4 Å². The monoisotopic (exact) mass is 459 g/mol. The van der Waals surface area contributed by atoms with Crippen molar-refractivity contribution in [2.75, 3.05) is 13.1 Å². The van der Waals surface area contributed by atoms with E-state index in [1.807, 2.05) is 42.2 Å². The van der Waals surface area contributed by atoms with E-state index in [0.717, 1.165) is 17.5 Å². The fourth-order valence-corrected chi connectivity index (χ4v) is 4.43. The molecule has 1 atom stereocenters. The number of carbonyl (C=O) groups excluding carboxylic acids is 2. The van der Waals surface area contributed by atoms with Crippen LogP contribution in [0.3, 0.4) is 0 Å². The summed E-state index contributed by atoms with van der Waals surface area (Å²) >= 11 is 0. The van der Waals surface area contributed by atoms with E-state index >= 15 is 0 Å². The van der Waals surface area contributed by atoms with E-state index in [2.05, 4.69) is 28.5 Å². The van der Waals surface area contributed by atoms with E-state index in [-0.39, 0.29) is 30.2 Å². The molecule has 0 spiro atoms. The zero-order valence-corrected chi connectivity index (χ0v) is 19.3. The van der Waals surface area contributed by atoms with Gasteiger partial charge in [0.25, 0.3) is 5.91 Å². The normalized spacial score (nSPS) is 17.2. The average molecular weight is 460 g/mol. The molecule has 7 heteroatoms. The quantitative estimate of drug-likeness (QED) is 0.544. The molecule has 0 saturated heterocycles. The zero-order chi connectivity index (χ0) is 23.5. The van der Waals surface area contributed by atoms with Gasteiger partial charge in [-0.2, -0.15) is 0 Å². The third-order valence-corrected chi connectivity index (χ3v) is 6.48. The fraction of sp³-hybridized carbons (Fsp3) is 0.370. The van der Waals surface area contributed by atoms with Crippen molar-refractivity contribution < 1.29 is 18.7 Å². The SMILES string of the molecule is CCC(=O)N1CCc2ccc(OCc3nc(C(=O)NCC4CC4)co3)cc2C1c1ccccc1. The van der Waals surface area contributed by atoms with Crippen molar-refractivity contribution in [3.05, 3.63) is 83.1 Å². The Balaban J connectivity index is 1.32. The standard InChI is InChI=1S/C27H29N3O4/c1-2-25(31)30-13-12-19-10-11-21(14-22(19)26(30)20-6-4-3-5-7-20)33-17-24-29-23(16-34-24)27(32)28-15-18-8-9-18/h3-7,10-11,14,16,18,26H,2,8-9,12-13,15,17H2,1H3,(H,28,32). The number of hydrogen-bond acceptors (Lipinski definition) is 5. The lowest BCUT2D eigenvalue weighted by molar-refractivity contribution is -0.132. The predicted molar refractivity (Wildman–Crippen MR) is 126 cm³/mol. The van der Waals surface area contributed by atoms with Crippen molar-refractivity contribution in [3.63, 3.8) is 0 Å². The lowest BCUT2D eigenvalue weighted by atomic mass is 9.87. The highest BCUT2D eigenvalue weighted by Crippen LogP contribution is 2.37. The van der Waals surface area contributed by atoms with Crippen molar-refractivity contribution in [2.45, 2.75) is 45.3 Å². The Labute approximate surface area is 199 Å². The number of carbonyl (C=O) groups is 2. The first-order valence-electron chi connectivity index (χ1n) is 11.9. The van der Waals surface area contributed by atoms with Crippen molar-refractivity contribution in [1.29, 1.82) is 0 Å². The first kappa shape index (κ1) is 22.2. The van der Waals surface area contributed by atoms with Gasteiger partial charge >= 0.3 is 0 Å². The van der Waals surface area contributed by atoms with Gasteiger partial charge in [-0.25, -0.2) is 4.98 Å². The number of aromatic nitrogens is 1. The van der Waals surface area contributed by atoms with Crippen LogP contribution < -0.4 is 10.1 Å². The maximum atomic E-state index is 12.7. The third kappa shape index (κ3) is 4.83. The first-order chi connectivity index (χ1) is 16.6. The molecule has 1 aliphatic heterocycles. The zero-order valence-electron chi connectivity index (χ0n) is 19.3. The van der Waals surface area contributed by atoms with Crippen LogP contribution in [-0.4, -0.2) is 34.8 Å². The van der Waals surface area contributed by atoms with Crippen LogP contribution >= 0.6 is 0 Å². The Morgan fingerprint density at radius 1 is 1.18 bits per heavy atom. The van der Waals surface area contributed by atoms with Gasteiger partial charge in [0.15, 0.2) is 12.3 Å². The van der Waals surface area contributed by atoms with E-state index < -0.39 is 0 Å². The maximum Gasteiger partial charge on any atom is 0.273 e. The first-order valence-corrected chi connectivity index (χ1v) is 11.9. The van der Waals surface area contributed by atoms with E-state index in [9.17, 15) is 9.59 Å². The van der Waals surface area contributed by atoms with Gasteiger partial charge in [0.2, 0.25) is 11.8 Å². The number of fused-ring (bicyclic) bond motifs is 1. The number of oxazole rings is 1. The van der Waals surface area contributed by atoms with Crippen LogP contribution in [-0.2, 0) is 17.8 Å². The second-order valence-electron chi connectivity index (χ2n) is 8.93. The summed E-state index contributed by atoms with van der Waals surface area (Å²) in [5, 5.41) is 2.89. The minimum absolute atomic E-state index is 0.113. The number of benzene rings is 2. The van der Waals surface area contributed by atoms with E-state index in [1.54, 1.807) is 0 Å². The minimum atomic E-state index is -0.220. The molecule has 5 rings (SSSR count). The second-order valence-corrected chi connectivity index (χ2v) is 8.93. The Kier molecular flexibility index (Phi) is 6.34. The van der Waals surface area contributed by atoms with Gasteiger partial charge in [0, 0.05) is 19.5 Å². The lowest BCUT2D eigenvalue weighted by Crippen LogP contribution is -2.40. The molecule has 0 radical (unpaired) electrons. The molecule has 2 aromatic carbocycles. The number of nitrogens with zero attached hydrogens (tertiary/aromatic N) is 2. The molecular weight excluding hydrogens is 430 g/mol. The Bertz CT molecular complexity index is 1170. The molecule has 2 amide bonds. The number of ether oxygens (including phenoxy) is 1. The average Bonchev–Trinajstić information content (AvgIpc) is 3.59.